The molecule has 0 spiro atoms. The van der Waals surface area contributed by atoms with Crippen LogP contribution in [0.2, 0.25) is 0 Å². The summed E-state index contributed by atoms with van der Waals surface area (Å²) in [6.07, 6.45) is 13.9. The Labute approximate surface area is 177 Å². The Bertz CT molecular complexity index is 667. The zero-order valence-corrected chi connectivity index (χ0v) is 18.9. The molecule has 0 saturated carbocycles. The van der Waals surface area contributed by atoms with E-state index < -0.39 is 0 Å². The first kappa shape index (κ1) is 28.3. The number of carbonyl (C=O) groups is 1. The van der Waals surface area contributed by atoms with Crippen LogP contribution in [0.1, 0.15) is 59.1 Å². The first-order valence-corrected chi connectivity index (χ1v) is 10.1. The number of nitrogens with zero attached hydrogens (tertiary/aromatic N) is 1. The summed E-state index contributed by atoms with van der Waals surface area (Å²) in [6.45, 7) is 15.1. The number of hydrogen-bond acceptors (Lipinski definition) is 3. The van der Waals surface area contributed by atoms with Gasteiger partial charge in [-0.05, 0) is 50.5 Å². The summed E-state index contributed by atoms with van der Waals surface area (Å²) in [7, 11) is 0. The van der Waals surface area contributed by atoms with Crippen molar-refractivity contribution in [2.24, 2.45) is 10.7 Å². The van der Waals surface area contributed by atoms with Gasteiger partial charge in [0.05, 0.1) is 6.10 Å². The Morgan fingerprint density at radius 1 is 1.21 bits per heavy atom. The van der Waals surface area contributed by atoms with Crippen molar-refractivity contribution in [1.29, 1.82) is 0 Å². The van der Waals surface area contributed by atoms with Gasteiger partial charge in [-0.3, -0.25) is 0 Å². The van der Waals surface area contributed by atoms with Gasteiger partial charge in [0.25, 0.3) is 0 Å². The number of carbonyl (C=O) groups excluding carboxylic acids is 1. The fourth-order valence-electron chi connectivity index (χ4n) is 1.74. The summed E-state index contributed by atoms with van der Waals surface area (Å²) in [5.74, 6) is 0.211. The first-order valence-electron chi connectivity index (χ1n) is 10.1. The van der Waals surface area contributed by atoms with Gasteiger partial charge >= 0.3 is 5.97 Å². The molecule has 0 aliphatic heterocycles. The van der Waals surface area contributed by atoms with Gasteiger partial charge in [-0.25, -0.2) is 9.79 Å². The summed E-state index contributed by atoms with van der Waals surface area (Å²) in [5, 5.41) is 0. The molecule has 4 nitrogen and oxygen atoms in total. The van der Waals surface area contributed by atoms with Crippen LogP contribution in [0.4, 0.5) is 0 Å². The number of aliphatic imine (C=N–C) groups is 1. The van der Waals surface area contributed by atoms with Crippen molar-refractivity contribution >= 4 is 17.9 Å². The number of rotatable bonds is 8. The van der Waals surface area contributed by atoms with Crippen LogP contribution in [-0.4, -0.2) is 17.9 Å². The predicted molar refractivity (Wildman–Crippen MR) is 128 cm³/mol. The summed E-state index contributed by atoms with van der Waals surface area (Å²) in [4.78, 5) is 15.6. The van der Waals surface area contributed by atoms with Crippen LogP contribution in [0.25, 0.3) is 6.08 Å². The van der Waals surface area contributed by atoms with E-state index in [0.717, 1.165) is 17.5 Å². The topological polar surface area (TPSA) is 64.7 Å². The van der Waals surface area contributed by atoms with Gasteiger partial charge in [-0.1, -0.05) is 63.3 Å². The number of amidine groups is 1. The van der Waals surface area contributed by atoms with Crippen LogP contribution in [-0.2, 0) is 16.0 Å². The van der Waals surface area contributed by atoms with Crippen molar-refractivity contribution in [2.75, 3.05) is 0 Å². The Hall–Kier alpha value is -2.88. The van der Waals surface area contributed by atoms with Gasteiger partial charge in [0, 0.05) is 18.7 Å². The van der Waals surface area contributed by atoms with E-state index in [-0.39, 0.29) is 12.1 Å². The predicted octanol–water partition coefficient (Wildman–Crippen LogP) is 6.25. The fraction of sp³-hybridized carbons (Fsp3) is 0.360. The Morgan fingerprint density at radius 2 is 1.79 bits per heavy atom. The average Bonchev–Trinajstić information content (AvgIpc) is 2.72. The second-order valence-corrected chi connectivity index (χ2v) is 5.92. The van der Waals surface area contributed by atoms with Crippen molar-refractivity contribution in [3.8, 4) is 0 Å². The van der Waals surface area contributed by atoms with E-state index in [9.17, 15) is 4.79 Å². The Morgan fingerprint density at radius 3 is 2.28 bits per heavy atom. The van der Waals surface area contributed by atoms with Crippen LogP contribution in [0.5, 0.6) is 0 Å². The molecular weight excluding hydrogens is 360 g/mol. The highest BCUT2D eigenvalue weighted by atomic mass is 16.5. The molecule has 4 heteroatoms. The SMILES string of the molecule is C/C=C/C=C/N=C(N)Cc1ccc(/C=C/C(=O)OC(C)C)cc1.C=CCC.CC. The van der Waals surface area contributed by atoms with E-state index in [1.807, 2.05) is 83.2 Å². The minimum Gasteiger partial charge on any atom is -0.460 e. The number of nitrogens with two attached hydrogens (primary N) is 1. The van der Waals surface area contributed by atoms with Gasteiger partial charge in [-0.15, -0.1) is 6.58 Å². The molecule has 0 amide bonds. The minimum atomic E-state index is -0.339. The first-order chi connectivity index (χ1) is 13.9. The maximum absolute atomic E-state index is 11.4. The monoisotopic (exact) mass is 398 g/mol. The Kier molecular flexibility index (Phi) is 19.4. The molecule has 1 aromatic carbocycles. The number of hydrogen-bond donors (Lipinski definition) is 1. The summed E-state index contributed by atoms with van der Waals surface area (Å²) < 4.78 is 5.03. The van der Waals surface area contributed by atoms with Gasteiger partial charge in [0.15, 0.2) is 0 Å². The number of esters is 1. The molecule has 0 fully saturated rings. The van der Waals surface area contributed by atoms with Crippen LogP contribution in [0, 0.1) is 0 Å². The van der Waals surface area contributed by atoms with E-state index in [2.05, 4.69) is 18.5 Å². The maximum Gasteiger partial charge on any atom is 0.331 e. The quantitative estimate of drug-likeness (QED) is 0.141. The molecule has 0 aromatic heterocycles. The number of allylic oxidation sites excluding steroid dienone is 4. The fourth-order valence-corrected chi connectivity index (χ4v) is 1.74. The zero-order valence-electron chi connectivity index (χ0n) is 18.9. The second-order valence-electron chi connectivity index (χ2n) is 5.92. The van der Waals surface area contributed by atoms with Gasteiger partial charge < -0.3 is 10.5 Å². The lowest BCUT2D eigenvalue weighted by Crippen LogP contribution is -2.14. The highest BCUT2D eigenvalue weighted by Gasteiger charge is 2.00. The van der Waals surface area contributed by atoms with Crippen molar-refractivity contribution in [2.45, 2.75) is 60.5 Å². The van der Waals surface area contributed by atoms with Crippen molar-refractivity contribution in [3.63, 3.8) is 0 Å². The van der Waals surface area contributed by atoms with Crippen molar-refractivity contribution < 1.29 is 9.53 Å². The lowest BCUT2D eigenvalue weighted by atomic mass is 10.1. The number of benzene rings is 1. The van der Waals surface area contributed by atoms with Gasteiger partial charge in [-0.2, -0.15) is 0 Å². The second kappa shape index (κ2) is 19.9. The van der Waals surface area contributed by atoms with E-state index in [4.69, 9.17) is 10.5 Å². The summed E-state index contributed by atoms with van der Waals surface area (Å²) in [5.41, 5.74) is 7.86. The van der Waals surface area contributed by atoms with E-state index in [0.29, 0.717) is 12.3 Å². The molecule has 1 rings (SSSR count). The molecule has 0 radical (unpaired) electrons. The van der Waals surface area contributed by atoms with Crippen LogP contribution in [0.3, 0.4) is 0 Å². The van der Waals surface area contributed by atoms with Crippen LogP contribution >= 0.6 is 0 Å². The molecule has 0 aliphatic carbocycles. The normalized spacial score (nSPS) is 11.2. The molecule has 29 heavy (non-hydrogen) atoms. The van der Waals surface area contributed by atoms with Gasteiger partial charge in [0.1, 0.15) is 5.84 Å². The third kappa shape index (κ3) is 18.3. The standard InChI is InChI=1S/C19H24N2O2.C4H8.C2H6/c1-4-5-6-13-21-18(20)14-17-9-7-16(8-10-17)11-12-19(22)23-15(2)3;1-3-4-2;1-2/h4-13,15H,14H2,1-3H3,(H2,20,21);3H,1,4H2,2H3;1-2H3/b5-4+,12-11+,13-6+;;. The highest BCUT2D eigenvalue weighted by molar-refractivity contribution is 5.87. The summed E-state index contributed by atoms with van der Waals surface area (Å²) in [6, 6.07) is 7.78. The zero-order chi connectivity index (χ0) is 22.5. The Balaban J connectivity index is 0. The molecular formula is C25H38N2O2. The average molecular weight is 399 g/mol. The molecule has 0 heterocycles. The molecule has 0 atom stereocenters. The molecule has 0 unspecified atom stereocenters. The lowest BCUT2D eigenvalue weighted by molar-refractivity contribution is -0.141. The van der Waals surface area contributed by atoms with Crippen LogP contribution < -0.4 is 5.73 Å². The molecule has 0 saturated heterocycles. The van der Waals surface area contributed by atoms with E-state index in [1.54, 1.807) is 12.3 Å². The molecule has 1 aromatic rings. The van der Waals surface area contributed by atoms with Crippen molar-refractivity contribution in [3.05, 3.63) is 78.6 Å². The van der Waals surface area contributed by atoms with Gasteiger partial charge in [0.2, 0.25) is 0 Å². The van der Waals surface area contributed by atoms with Crippen molar-refractivity contribution in [1.82, 2.24) is 0 Å². The third-order valence-electron chi connectivity index (χ3n) is 3.05. The molecule has 2 N–H and O–H groups in total. The largest absolute Gasteiger partial charge is 0.460 e. The molecule has 0 aliphatic rings. The highest BCUT2D eigenvalue weighted by Crippen LogP contribution is 2.07. The maximum atomic E-state index is 11.4. The number of ether oxygens (including phenoxy) is 1. The van der Waals surface area contributed by atoms with E-state index >= 15 is 0 Å². The molecule has 160 valence electrons. The smallest absolute Gasteiger partial charge is 0.331 e. The molecule has 0 bridgehead atoms. The summed E-state index contributed by atoms with van der Waals surface area (Å²) >= 11 is 0. The lowest BCUT2D eigenvalue weighted by Gasteiger charge is -2.04. The minimum absolute atomic E-state index is 0.112. The van der Waals surface area contributed by atoms with E-state index in [1.165, 1.54) is 6.08 Å². The van der Waals surface area contributed by atoms with Crippen LogP contribution in [0.15, 0.2) is 72.4 Å². The third-order valence-corrected chi connectivity index (χ3v) is 3.05.